The smallest absolute Gasteiger partial charge is 0.307 e. The zero-order valence-electron chi connectivity index (χ0n) is 21.3. The van der Waals surface area contributed by atoms with E-state index in [1.807, 2.05) is 30.3 Å². The number of carboxylic acids is 1. The van der Waals surface area contributed by atoms with Crippen LogP contribution in [0.1, 0.15) is 53.9 Å². The first kappa shape index (κ1) is 25.0. The van der Waals surface area contributed by atoms with E-state index in [0.717, 1.165) is 41.9 Å². The van der Waals surface area contributed by atoms with Gasteiger partial charge in [-0.25, -0.2) is 8.42 Å². The molecule has 38 heavy (non-hydrogen) atoms. The van der Waals surface area contributed by atoms with Crippen LogP contribution in [0.2, 0.25) is 0 Å². The van der Waals surface area contributed by atoms with Gasteiger partial charge in [-0.1, -0.05) is 30.3 Å². The molecule has 3 aromatic carbocycles. The van der Waals surface area contributed by atoms with Crippen LogP contribution < -0.4 is 9.47 Å². The highest BCUT2D eigenvalue weighted by atomic mass is 32.2. The molecule has 6 rings (SSSR count). The van der Waals surface area contributed by atoms with Crippen LogP contribution in [0.4, 0.5) is 0 Å². The average Bonchev–Trinajstić information content (AvgIpc) is 3.73. The second-order valence-electron chi connectivity index (χ2n) is 10.8. The molecule has 0 bridgehead atoms. The number of aliphatic carboxylic acids is 1. The molecule has 6 nitrogen and oxygen atoms in total. The van der Waals surface area contributed by atoms with E-state index in [9.17, 15) is 13.2 Å². The summed E-state index contributed by atoms with van der Waals surface area (Å²) in [6.07, 6.45) is 4.83. The van der Waals surface area contributed by atoms with Crippen molar-refractivity contribution >= 4 is 15.8 Å². The van der Waals surface area contributed by atoms with E-state index in [1.54, 1.807) is 0 Å². The van der Waals surface area contributed by atoms with Crippen molar-refractivity contribution in [3.05, 3.63) is 82.9 Å². The van der Waals surface area contributed by atoms with Gasteiger partial charge in [0, 0.05) is 0 Å². The van der Waals surface area contributed by atoms with Gasteiger partial charge >= 0.3 is 5.97 Å². The summed E-state index contributed by atoms with van der Waals surface area (Å²) in [5.41, 5.74) is 7.21. The van der Waals surface area contributed by atoms with Gasteiger partial charge in [-0.2, -0.15) is 0 Å². The average molecular weight is 533 g/mol. The normalized spacial score (nSPS) is 22.0. The summed E-state index contributed by atoms with van der Waals surface area (Å²) in [6, 6.07) is 20.6. The molecular weight excluding hydrogens is 500 g/mol. The number of aryl methyl sites for hydroxylation is 2. The van der Waals surface area contributed by atoms with Crippen LogP contribution in [0.25, 0.3) is 11.1 Å². The Morgan fingerprint density at radius 1 is 0.868 bits per heavy atom. The molecule has 1 saturated carbocycles. The molecule has 2 fully saturated rings. The van der Waals surface area contributed by atoms with E-state index >= 15 is 0 Å². The van der Waals surface area contributed by atoms with Gasteiger partial charge in [0.2, 0.25) is 0 Å². The van der Waals surface area contributed by atoms with Gasteiger partial charge < -0.3 is 14.6 Å². The predicted octanol–water partition coefficient (Wildman–Crippen LogP) is 5.57. The zero-order chi connectivity index (χ0) is 26.3. The standard InChI is InChI=1S/C31H32O6S/c32-31(33)30-18-29(30)22-6-8-24(9-7-22)36-19-20-4-5-21-2-1-3-23-17-26(10-11-27(23)28(21)16-20)37-25-12-14-38(34,35)15-13-25/h4-11,16-17,25,29-30H,1-3,12-15,18-19H2,(H,32,33)/t29-,30?/m1/s1. The maximum absolute atomic E-state index is 11.7. The van der Waals surface area contributed by atoms with Crippen LogP contribution in [-0.4, -0.2) is 37.1 Å². The molecule has 7 heteroatoms. The van der Waals surface area contributed by atoms with Crippen LogP contribution in [0, 0.1) is 5.92 Å². The molecule has 198 valence electrons. The third-order valence-corrected chi connectivity index (χ3v) is 9.77. The Labute approximate surface area is 223 Å². The van der Waals surface area contributed by atoms with Crippen LogP contribution in [-0.2, 0) is 34.1 Å². The van der Waals surface area contributed by atoms with Crippen LogP contribution in [0.15, 0.2) is 60.7 Å². The van der Waals surface area contributed by atoms with E-state index in [-0.39, 0.29) is 29.4 Å². The van der Waals surface area contributed by atoms with E-state index in [4.69, 9.17) is 14.6 Å². The summed E-state index contributed by atoms with van der Waals surface area (Å²) in [7, 11) is -2.90. The lowest BCUT2D eigenvalue weighted by Gasteiger charge is -2.24. The summed E-state index contributed by atoms with van der Waals surface area (Å²) in [5, 5.41) is 9.16. The topological polar surface area (TPSA) is 89.9 Å². The van der Waals surface area contributed by atoms with E-state index in [0.29, 0.717) is 25.9 Å². The number of fused-ring (bicyclic) bond motifs is 3. The number of sulfone groups is 1. The van der Waals surface area contributed by atoms with Crippen molar-refractivity contribution in [2.75, 3.05) is 11.5 Å². The number of hydrogen-bond donors (Lipinski definition) is 1. The maximum atomic E-state index is 11.7. The second kappa shape index (κ2) is 10.1. The fourth-order valence-corrected chi connectivity index (χ4v) is 7.21. The Balaban J connectivity index is 1.14. The molecule has 0 radical (unpaired) electrons. The van der Waals surface area contributed by atoms with Gasteiger partial charge in [-0.15, -0.1) is 0 Å². The van der Waals surface area contributed by atoms with Gasteiger partial charge in [0.1, 0.15) is 24.2 Å². The van der Waals surface area contributed by atoms with Crippen molar-refractivity contribution in [2.24, 2.45) is 5.92 Å². The molecule has 3 aromatic rings. The molecule has 1 heterocycles. The fraction of sp³-hybridized carbons (Fsp3) is 0.387. The van der Waals surface area contributed by atoms with Crippen molar-refractivity contribution in [1.29, 1.82) is 0 Å². The van der Waals surface area contributed by atoms with Crippen LogP contribution in [0.3, 0.4) is 0 Å². The first-order valence-electron chi connectivity index (χ1n) is 13.4. The number of rotatable bonds is 7. The number of carbonyl (C=O) groups is 1. The molecule has 2 atom stereocenters. The van der Waals surface area contributed by atoms with Gasteiger partial charge in [-0.3, -0.25) is 4.79 Å². The molecule has 1 unspecified atom stereocenters. The summed E-state index contributed by atoms with van der Waals surface area (Å²) < 4.78 is 35.7. The van der Waals surface area contributed by atoms with E-state index in [2.05, 4.69) is 30.3 Å². The molecule has 0 spiro atoms. The minimum absolute atomic E-state index is 0.0460. The molecule has 1 saturated heterocycles. The fourth-order valence-electron chi connectivity index (χ4n) is 5.76. The summed E-state index contributed by atoms with van der Waals surface area (Å²) >= 11 is 0. The maximum Gasteiger partial charge on any atom is 0.307 e. The zero-order valence-corrected chi connectivity index (χ0v) is 22.1. The molecule has 0 aromatic heterocycles. The lowest BCUT2D eigenvalue weighted by atomic mass is 9.95. The molecule has 3 aliphatic rings. The SMILES string of the molecule is O=C(O)C1C[C@@H]1c1ccc(OCc2ccc3c(c2)-c2ccc(OC4CCS(=O)(=O)CC4)cc2CCC3)cc1. The van der Waals surface area contributed by atoms with Gasteiger partial charge in [0.05, 0.1) is 17.4 Å². The van der Waals surface area contributed by atoms with E-state index in [1.165, 1.54) is 22.3 Å². The number of hydrogen-bond acceptors (Lipinski definition) is 5. The molecule has 2 aliphatic carbocycles. The highest BCUT2D eigenvalue weighted by Gasteiger charge is 2.44. The Kier molecular flexibility index (Phi) is 6.64. The quantitative estimate of drug-likeness (QED) is 0.428. The Morgan fingerprint density at radius 3 is 2.34 bits per heavy atom. The lowest BCUT2D eigenvalue weighted by Crippen LogP contribution is -2.30. The summed E-state index contributed by atoms with van der Waals surface area (Å²) in [5.74, 6) is 1.15. The number of carboxylic acid groups (broad SMARTS) is 1. The summed E-state index contributed by atoms with van der Waals surface area (Å²) in [4.78, 5) is 11.1. The molecular formula is C31H32O6S. The minimum atomic E-state index is -2.90. The van der Waals surface area contributed by atoms with Crippen LogP contribution in [0.5, 0.6) is 11.5 Å². The minimum Gasteiger partial charge on any atom is -0.490 e. The number of benzene rings is 3. The largest absolute Gasteiger partial charge is 0.490 e. The summed E-state index contributed by atoms with van der Waals surface area (Å²) in [6.45, 7) is 0.453. The highest BCUT2D eigenvalue weighted by molar-refractivity contribution is 7.91. The van der Waals surface area contributed by atoms with Gasteiger partial charge in [0.25, 0.3) is 0 Å². The molecule has 1 aliphatic heterocycles. The first-order valence-corrected chi connectivity index (χ1v) is 15.2. The van der Waals surface area contributed by atoms with Gasteiger partial charge in [-0.05, 0) is 108 Å². The molecule has 1 N–H and O–H groups in total. The van der Waals surface area contributed by atoms with Crippen molar-refractivity contribution in [2.45, 2.75) is 57.2 Å². The monoisotopic (exact) mass is 532 g/mol. The lowest BCUT2D eigenvalue weighted by molar-refractivity contribution is -0.138. The third-order valence-electron chi connectivity index (χ3n) is 8.06. The van der Waals surface area contributed by atoms with Crippen molar-refractivity contribution in [3.8, 4) is 22.6 Å². The Bertz CT molecular complexity index is 1450. The van der Waals surface area contributed by atoms with Crippen molar-refractivity contribution < 1.29 is 27.8 Å². The van der Waals surface area contributed by atoms with Crippen molar-refractivity contribution in [1.82, 2.24) is 0 Å². The highest BCUT2D eigenvalue weighted by Crippen LogP contribution is 2.47. The Morgan fingerprint density at radius 2 is 1.61 bits per heavy atom. The molecule has 0 amide bonds. The number of ether oxygens (including phenoxy) is 2. The van der Waals surface area contributed by atoms with E-state index < -0.39 is 15.8 Å². The third kappa shape index (κ3) is 5.44. The second-order valence-corrected chi connectivity index (χ2v) is 13.1. The van der Waals surface area contributed by atoms with Gasteiger partial charge in [0.15, 0.2) is 9.84 Å². The Hall–Kier alpha value is -3.32. The first-order chi connectivity index (χ1) is 18.3. The van der Waals surface area contributed by atoms with Crippen molar-refractivity contribution in [3.63, 3.8) is 0 Å². The predicted molar refractivity (Wildman–Crippen MR) is 145 cm³/mol. The van der Waals surface area contributed by atoms with Crippen LogP contribution >= 0.6 is 0 Å².